The lowest BCUT2D eigenvalue weighted by Gasteiger charge is -2.41. The van der Waals surface area contributed by atoms with Crippen LogP contribution < -0.4 is 4.31 Å². The van der Waals surface area contributed by atoms with Crippen molar-refractivity contribution in [1.29, 1.82) is 0 Å². The fraction of sp³-hybridized carbons (Fsp3) is 0.519. The summed E-state index contributed by atoms with van der Waals surface area (Å²) in [6, 6.07) is 8.35. The maximum absolute atomic E-state index is 14.2. The maximum atomic E-state index is 14.2. The molecule has 2 N–H and O–H groups in total. The molecule has 220 valence electrons. The van der Waals surface area contributed by atoms with Gasteiger partial charge >= 0.3 is 6.18 Å². The maximum Gasteiger partial charge on any atom is 0.427 e. The number of halogens is 5. The fourth-order valence-electron chi connectivity index (χ4n) is 5.16. The quantitative estimate of drug-likeness (QED) is 0.479. The molecule has 2 aromatic rings. The first-order valence-electron chi connectivity index (χ1n) is 12.7. The first kappa shape index (κ1) is 30.4. The number of benzene rings is 2. The van der Waals surface area contributed by atoms with Gasteiger partial charge in [0.15, 0.2) is 11.0 Å². The number of amides is 1. The molecule has 0 aliphatic carbocycles. The highest BCUT2D eigenvalue weighted by Gasteiger charge is 2.67. The van der Waals surface area contributed by atoms with E-state index < -0.39 is 46.3 Å². The molecule has 2 aliphatic heterocycles. The molecular formula is C27H31F5N2O5S. The zero-order chi connectivity index (χ0) is 29.5. The lowest BCUT2D eigenvalue weighted by molar-refractivity contribution is -0.335. The van der Waals surface area contributed by atoms with E-state index in [2.05, 4.69) is 0 Å². The second-order valence-corrected chi connectivity index (χ2v) is 11.6. The number of carbonyl (C=O) groups excluding carboxylic acids is 1. The van der Waals surface area contributed by atoms with Crippen molar-refractivity contribution in [3.05, 3.63) is 59.2 Å². The van der Waals surface area contributed by atoms with Crippen molar-refractivity contribution in [2.45, 2.75) is 67.8 Å². The van der Waals surface area contributed by atoms with Crippen molar-refractivity contribution < 1.29 is 45.9 Å². The Kier molecular flexibility index (Phi) is 8.61. The average molecular weight is 591 g/mol. The number of nitrogens with zero attached hydrogens (tertiary/aromatic N) is 2. The van der Waals surface area contributed by atoms with Crippen LogP contribution in [-0.4, -0.2) is 75.8 Å². The number of carbonyl (C=O) groups is 1. The zero-order valence-corrected chi connectivity index (χ0v) is 22.8. The number of aryl methyl sites for hydroxylation is 2. The van der Waals surface area contributed by atoms with Crippen molar-refractivity contribution in [1.82, 2.24) is 4.90 Å². The van der Waals surface area contributed by atoms with E-state index in [-0.39, 0.29) is 63.1 Å². The van der Waals surface area contributed by atoms with Crippen LogP contribution in [0.5, 0.6) is 0 Å². The molecule has 2 heterocycles. The lowest BCUT2D eigenvalue weighted by Crippen LogP contribution is -2.54. The standard InChI is InChI=1S/C27H31F5N2O5S/c1-17-3-8-22(9-4-17)40(38)34-20(14-24(36)33-11-12-39-16-21(33)15-35)7-5-18-13-19(6-10-23(18)34)26(37,25(2,28)29)27(30,31)32/h3-4,6,8-10,13,20-21,35,37H,5,7,11-12,14-16H2,1-2H3/t20-,21?,26?,40?/m0/s1. The van der Waals surface area contributed by atoms with Crippen molar-refractivity contribution in [3.8, 4) is 0 Å². The molecule has 0 spiro atoms. The second kappa shape index (κ2) is 11.3. The molecule has 0 saturated carbocycles. The van der Waals surface area contributed by atoms with Crippen LogP contribution in [0, 0.1) is 6.92 Å². The third kappa shape index (κ3) is 5.61. The monoisotopic (exact) mass is 590 g/mol. The van der Waals surface area contributed by atoms with Gasteiger partial charge in [-0.2, -0.15) is 13.2 Å². The number of fused-ring (bicyclic) bond motifs is 1. The predicted octanol–water partition coefficient (Wildman–Crippen LogP) is 3.85. The van der Waals surface area contributed by atoms with E-state index in [1.807, 2.05) is 6.92 Å². The normalized spacial score (nSPS) is 22.4. The van der Waals surface area contributed by atoms with Gasteiger partial charge in [-0.1, -0.05) is 29.8 Å². The zero-order valence-electron chi connectivity index (χ0n) is 22.0. The molecule has 40 heavy (non-hydrogen) atoms. The van der Waals surface area contributed by atoms with E-state index in [0.717, 1.165) is 23.8 Å². The highest BCUT2D eigenvalue weighted by atomic mass is 32.2. The smallest absolute Gasteiger partial charge is 0.394 e. The van der Waals surface area contributed by atoms with Crippen LogP contribution in [0.15, 0.2) is 47.4 Å². The number of anilines is 1. The van der Waals surface area contributed by atoms with E-state index >= 15 is 0 Å². The average Bonchev–Trinajstić information content (AvgIpc) is 2.90. The van der Waals surface area contributed by atoms with Gasteiger partial charge in [0.2, 0.25) is 11.5 Å². The van der Waals surface area contributed by atoms with Crippen LogP contribution in [-0.2, 0) is 32.5 Å². The van der Waals surface area contributed by atoms with Gasteiger partial charge in [-0.3, -0.25) is 9.10 Å². The molecule has 2 aliphatic rings. The van der Waals surface area contributed by atoms with E-state index in [1.54, 1.807) is 24.3 Å². The van der Waals surface area contributed by atoms with Gasteiger partial charge in [0, 0.05) is 19.9 Å². The van der Waals surface area contributed by atoms with Crippen LogP contribution >= 0.6 is 0 Å². The van der Waals surface area contributed by atoms with Gasteiger partial charge in [0.25, 0.3) is 5.92 Å². The minimum absolute atomic E-state index is 0.00557. The van der Waals surface area contributed by atoms with Gasteiger partial charge in [0.05, 0.1) is 42.5 Å². The van der Waals surface area contributed by atoms with Gasteiger partial charge in [-0.05, 0) is 49.1 Å². The van der Waals surface area contributed by atoms with E-state index in [9.17, 15) is 41.2 Å². The molecular weight excluding hydrogens is 559 g/mol. The molecule has 4 atom stereocenters. The highest BCUT2D eigenvalue weighted by molar-refractivity contribution is 7.86. The summed E-state index contributed by atoms with van der Waals surface area (Å²) >= 11 is 0. The number of alkyl halides is 5. The van der Waals surface area contributed by atoms with E-state index in [1.165, 1.54) is 9.21 Å². The molecule has 1 fully saturated rings. The Morgan fingerprint density at radius 3 is 2.38 bits per heavy atom. The molecule has 0 aromatic heterocycles. The summed E-state index contributed by atoms with van der Waals surface area (Å²) in [5, 5.41) is 19.9. The molecule has 1 amide bonds. The molecule has 1 saturated heterocycles. The third-order valence-corrected chi connectivity index (χ3v) is 8.96. The molecule has 3 unspecified atom stereocenters. The first-order valence-corrected chi connectivity index (χ1v) is 13.9. The number of aliphatic hydroxyl groups is 2. The number of hydrogen-bond donors (Lipinski definition) is 2. The largest absolute Gasteiger partial charge is 0.427 e. The molecule has 13 heteroatoms. The Labute approximate surface area is 231 Å². The molecule has 7 nitrogen and oxygen atoms in total. The number of rotatable bonds is 7. The van der Waals surface area contributed by atoms with E-state index in [4.69, 9.17) is 4.74 Å². The highest BCUT2D eigenvalue weighted by Crippen LogP contribution is 2.50. The minimum atomic E-state index is -5.67. The summed E-state index contributed by atoms with van der Waals surface area (Å²) in [5.41, 5.74) is -4.14. The molecule has 0 bridgehead atoms. The predicted molar refractivity (Wildman–Crippen MR) is 137 cm³/mol. The van der Waals surface area contributed by atoms with Gasteiger partial charge in [-0.25, -0.2) is 13.0 Å². The summed E-state index contributed by atoms with van der Waals surface area (Å²) in [5.74, 6) is -4.86. The Morgan fingerprint density at radius 1 is 1.10 bits per heavy atom. The molecule has 0 radical (unpaired) electrons. The fourth-order valence-corrected chi connectivity index (χ4v) is 6.56. The first-order chi connectivity index (χ1) is 18.7. The minimum Gasteiger partial charge on any atom is -0.394 e. The van der Waals surface area contributed by atoms with Crippen molar-refractivity contribution >= 4 is 22.6 Å². The van der Waals surface area contributed by atoms with Crippen LogP contribution in [0.1, 0.15) is 36.5 Å². The van der Waals surface area contributed by atoms with Crippen LogP contribution in [0.3, 0.4) is 0 Å². The van der Waals surface area contributed by atoms with Gasteiger partial charge < -0.3 is 19.8 Å². The summed E-state index contributed by atoms with van der Waals surface area (Å²) in [6.07, 6.45) is -5.50. The summed E-state index contributed by atoms with van der Waals surface area (Å²) in [4.78, 5) is 15.2. The third-order valence-electron chi connectivity index (χ3n) is 7.43. The van der Waals surface area contributed by atoms with Crippen LogP contribution in [0.25, 0.3) is 0 Å². The Balaban J connectivity index is 1.75. The Bertz CT molecular complexity index is 1240. The Hall–Kier alpha value is -2.61. The second-order valence-electron chi connectivity index (χ2n) is 10.2. The number of ether oxygens (including phenoxy) is 1. The van der Waals surface area contributed by atoms with Gasteiger partial charge in [-0.15, -0.1) is 0 Å². The van der Waals surface area contributed by atoms with Gasteiger partial charge in [0.1, 0.15) is 0 Å². The Morgan fingerprint density at radius 2 is 1.77 bits per heavy atom. The molecule has 4 rings (SSSR count). The van der Waals surface area contributed by atoms with Crippen LogP contribution in [0.2, 0.25) is 0 Å². The number of aliphatic hydroxyl groups excluding tert-OH is 1. The summed E-state index contributed by atoms with van der Waals surface area (Å²) in [6.45, 7) is 2.27. The van der Waals surface area contributed by atoms with Crippen molar-refractivity contribution in [2.24, 2.45) is 0 Å². The van der Waals surface area contributed by atoms with Crippen molar-refractivity contribution in [3.63, 3.8) is 0 Å². The van der Waals surface area contributed by atoms with Crippen LogP contribution in [0.4, 0.5) is 27.6 Å². The lowest BCUT2D eigenvalue weighted by atomic mass is 9.84. The van der Waals surface area contributed by atoms with E-state index in [0.29, 0.717) is 11.5 Å². The van der Waals surface area contributed by atoms with Crippen molar-refractivity contribution in [2.75, 3.05) is 30.7 Å². The number of hydrogen-bond acceptors (Lipinski definition) is 5. The molecule has 2 aromatic carbocycles. The summed E-state index contributed by atoms with van der Waals surface area (Å²) < 4.78 is 90.3. The number of morpholine rings is 1. The summed E-state index contributed by atoms with van der Waals surface area (Å²) in [7, 11) is -1.91. The topological polar surface area (TPSA) is 90.3 Å². The SMILES string of the molecule is Cc1ccc(S(=O)N2c3ccc(C(O)(C(C)(F)F)C(F)(F)F)cc3CC[C@H]2CC(=O)N2CCOCC2CO)cc1.